The summed E-state index contributed by atoms with van der Waals surface area (Å²) in [4.78, 5) is 47.9. The average Bonchev–Trinajstić information content (AvgIpc) is 2.55. The molecule has 1 amide bonds. The summed E-state index contributed by atoms with van der Waals surface area (Å²) in [5.74, 6) is -1.47. The molecule has 0 rings (SSSR count). The van der Waals surface area contributed by atoms with Gasteiger partial charge in [-0.05, 0) is 12.2 Å². The summed E-state index contributed by atoms with van der Waals surface area (Å²) in [5.41, 5.74) is 5.52. The van der Waals surface area contributed by atoms with Gasteiger partial charge in [0.25, 0.3) is 11.0 Å². The highest BCUT2D eigenvalue weighted by Crippen LogP contribution is 2.05. The Labute approximate surface area is 142 Å². The minimum atomic E-state index is -0.931. The van der Waals surface area contributed by atoms with Crippen molar-refractivity contribution in [3.05, 3.63) is 10.1 Å². The van der Waals surface area contributed by atoms with E-state index in [0.717, 1.165) is 0 Å². The molecule has 0 aliphatic carbocycles. The first-order valence-electron chi connectivity index (χ1n) is 6.95. The summed E-state index contributed by atoms with van der Waals surface area (Å²) in [7, 11) is 1.24. The van der Waals surface area contributed by atoms with Crippen LogP contribution in [0, 0.1) is 10.1 Å². The molecule has 11 nitrogen and oxygen atoms in total. The first-order valence-corrected chi connectivity index (χ1v) is 8.11. The highest BCUT2D eigenvalue weighted by Gasteiger charge is 2.15. The molecule has 12 heteroatoms. The van der Waals surface area contributed by atoms with Crippen LogP contribution in [0.3, 0.4) is 0 Å². The normalized spacial score (nSPS) is 11.4. The molecule has 0 fully saturated rings. The number of hydrogen-bond donors (Lipinski definition) is 2. The summed E-state index contributed by atoms with van der Waals surface area (Å²) >= 11 is 1.19. The van der Waals surface area contributed by atoms with E-state index in [2.05, 4.69) is 14.9 Å². The van der Waals surface area contributed by atoms with Crippen molar-refractivity contribution in [2.24, 2.45) is 5.73 Å². The Hall–Kier alpha value is -1.92. The fourth-order valence-electron chi connectivity index (χ4n) is 1.32. The average molecular weight is 367 g/mol. The standard InChI is InChI=1S/C12H21N3O8S/c1-21-12(18)9(13)2-7-24-8-10(16)11(17)14-3-4-22-5-6-23-15(19)20/h9H,2-8,13H2,1H3,(H,14,17)/t9-/m1/s1. The summed E-state index contributed by atoms with van der Waals surface area (Å²) in [5, 5.41) is 11.3. The van der Waals surface area contributed by atoms with Crippen molar-refractivity contribution >= 4 is 29.4 Å². The third-order valence-corrected chi connectivity index (χ3v) is 3.51. The molecule has 0 spiro atoms. The number of ketones is 1. The Kier molecular flexibility index (Phi) is 12.4. The molecule has 0 aromatic rings. The molecule has 0 saturated carbocycles. The van der Waals surface area contributed by atoms with E-state index in [1.54, 1.807) is 0 Å². The van der Waals surface area contributed by atoms with Crippen molar-refractivity contribution in [3.8, 4) is 0 Å². The zero-order valence-electron chi connectivity index (χ0n) is 13.2. The topological polar surface area (TPSA) is 160 Å². The van der Waals surface area contributed by atoms with E-state index in [-0.39, 0.29) is 32.1 Å². The van der Waals surface area contributed by atoms with Crippen molar-refractivity contribution < 1.29 is 33.8 Å². The Morgan fingerprint density at radius 1 is 1.29 bits per heavy atom. The van der Waals surface area contributed by atoms with Crippen LogP contribution >= 0.6 is 11.8 Å². The number of nitrogens with two attached hydrogens (primary N) is 1. The van der Waals surface area contributed by atoms with Crippen LogP contribution in [-0.4, -0.2) is 73.8 Å². The molecule has 0 saturated heterocycles. The molecule has 0 aliphatic rings. The predicted molar refractivity (Wildman–Crippen MR) is 83.7 cm³/mol. The maximum atomic E-state index is 11.5. The third kappa shape index (κ3) is 11.6. The first kappa shape index (κ1) is 22.1. The number of hydrogen-bond acceptors (Lipinski definition) is 10. The molecular weight excluding hydrogens is 346 g/mol. The van der Waals surface area contributed by atoms with Crippen LogP contribution < -0.4 is 11.1 Å². The number of nitrogens with zero attached hydrogens (tertiary/aromatic N) is 1. The molecule has 0 aromatic heterocycles. The SMILES string of the molecule is COC(=O)[C@H](N)CCSCC(=O)C(=O)NCCOCCO[N+](=O)[O-]. The number of methoxy groups -OCH3 is 1. The molecule has 0 radical (unpaired) electrons. The van der Waals surface area contributed by atoms with Crippen molar-refractivity contribution in [1.29, 1.82) is 0 Å². The van der Waals surface area contributed by atoms with Crippen LogP contribution in [0.5, 0.6) is 0 Å². The molecule has 0 aliphatic heterocycles. The first-order chi connectivity index (χ1) is 11.4. The number of nitrogens with one attached hydrogen (secondary N) is 1. The highest BCUT2D eigenvalue weighted by atomic mass is 32.2. The third-order valence-electron chi connectivity index (χ3n) is 2.52. The maximum absolute atomic E-state index is 11.5. The van der Waals surface area contributed by atoms with Gasteiger partial charge in [0.1, 0.15) is 12.6 Å². The number of carbonyl (C=O) groups is 3. The van der Waals surface area contributed by atoms with Gasteiger partial charge < -0.3 is 25.4 Å². The highest BCUT2D eigenvalue weighted by molar-refractivity contribution is 8.00. The van der Waals surface area contributed by atoms with Gasteiger partial charge >= 0.3 is 5.97 Å². The Bertz CT molecular complexity index is 435. The van der Waals surface area contributed by atoms with E-state index in [1.165, 1.54) is 18.9 Å². The molecule has 138 valence electrons. The monoisotopic (exact) mass is 367 g/mol. The largest absolute Gasteiger partial charge is 0.468 e. The number of Topliss-reactive ketones (excluding diaryl/α,β-unsaturated/α-hetero) is 1. The fourth-order valence-corrected chi connectivity index (χ4v) is 2.20. The molecule has 0 unspecified atom stereocenters. The van der Waals surface area contributed by atoms with Gasteiger partial charge in [-0.25, -0.2) is 0 Å². The van der Waals surface area contributed by atoms with Crippen molar-refractivity contribution in [3.63, 3.8) is 0 Å². The van der Waals surface area contributed by atoms with E-state index in [1.807, 2.05) is 0 Å². The van der Waals surface area contributed by atoms with Gasteiger partial charge in [0.05, 0.1) is 26.1 Å². The van der Waals surface area contributed by atoms with E-state index in [4.69, 9.17) is 10.5 Å². The summed E-state index contributed by atoms with van der Waals surface area (Å²) < 4.78 is 9.42. The van der Waals surface area contributed by atoms with Crippen LogP contribution in [-0.2, 0) is 28.7 Å². The number of amides is 1. The van der Waals surface area contributed by atoms with Crippen molar-refractivity contribution in [2.75, 3.05) is 45.0 Å². The molecule has 1 atom stereocenters. The van der Waals surface area contributed by atoms with Crippen molar-refractivity contribution in [2.45, 2.75) is 12.5 Å². The zero-order chi connectivity index (χ0) is 18.4. The number of rotatable bonds is 14. The Balaban J connectivity index is 3.61. The quantitative estimate of drug-likeness (QED) is 0.122. The van der Waals surface area contributed by atoms with Crippen LogP contribution in [0.15, 0.2) is 0 Å². The minimum Gasteiger partial charge on any atom is -0.468 e. The van der Waals surface area contributed by atoms with Gasteiger partial charge in [-0.3, -0.25) is 14.4 Å². The smallest absolute Gasteiger partial charge is 0.322 e. The van der Waals surface area contributed by atoms with Gasteiger partial charge in [0.2, 0.25) is 5.78 Å². The molecule has 0 heterocycles. The summed E-state index contributed by atoms with van der Waals surface area (Å²) in [6.45, 7) is -0.00648. The minimum absolute atomic E-state index is 0.00109. The Morgan fingerprint density at radius 3 is 2.62 bits per heavy atom. The van der Waals surface area contributed by atoms with E-state index < -0.39 is 28.8 Å². The van der Waals surface area contributed by atoms with Crippen LogP contribution in [0.4, 0.5) is 0 Å². The second kappa shape index (κ2) is 13.5. The van der Waals surface area contributed by atoms with Crippen LogP contribution in [0.2, 0.25) is 0 Å². The van der Waals surface area contributed by atoms with Gasteiger partial charge in [-0.15, -0.1) is 10.1 Å². The molecule has 0 aromatic carbocycles. The lowest BCUT2D eigenvalue weighted by atomic mass is 10.2. The fraction of sp³-hybridized carbons (Fsp3) is 0.750. The van der Waals surface area contributed by atoms with E-state index in [9.17, 15) is 24.5 Å². The zero-order valence-corrected chi connectivity index (χ0v) is 14.0. The number of thioether (sulfide) groups is 1. The molecule has 24 heavy (non-hydrogen) atoms. The molecule has 3 N–H and O–H groups in total. The second-order valence-corrected chi connectivity index (χ2v) is 5.42. The predicted octanol–water partition coefficient (Wildman–Crippen LogP) is -1.48. The number of ether oxygens (including phenoxy) is 2. The van der Waals surface area contributed by atoms with Gasteiger partial charge in [-0.2, -0.15) is 11.8 Å². The number of esters is 1. The van der Waals surface area contributed by atoms with Gasteiger partial charge in [-0.1, -0.05) is 0 Å². The molecule has 0 bridgehead atoms. The van der Waals surface area contributed by atoms with Crippen LogP contribution in [0.1, 0.15) is 6.42 Å². The van der Waals surface area contributed by atoms with E-state index in [0.29, 0.717) is 12.2 Å². The Morgan fingerprint density at radius 2 is 2.00 bits per heavy atom. The molecular formula is C12H21N3O8S. The van der Waals surface area contributed by atoms with Gasteiger partial charge in [0, 0.05) is 6.54 Å². The summed E-state index contributed by atoms with van der Waals surface area (Å²) in [6.07, 6.45) is 0.340. The van der Waals surface area contributed by atoms with Gasteiger partial charge in [0.15, 0.2) is 0 Å². The lowest BCUT2D eigenvalue weighted by Gasteiger charge is -2.08. The second-order valence-electron chi connectivity index (χ2n) is 4.32. The number of carbonyl (C=O) groups excluding carboxylic acids is 3. The van der Waals surface area contributed by atoms with Crippen molar-refractivity contribution in [1.82, 2.24) is 5.32 Å². The summed E-state index contributed by atoms with van der Waals surface area (Å²) in [6, 6.07) is -0.747. The van der Waals surface area contributed by atoms with E-state index >= 15 is 0 Å². The lowest BCUT2D eigenvalue weighted by molar-refractivity contribution is -0.758. The maximum Gasteiger partial charge on any atom is 0.322 e. The lowest BCUT2D eigenvalue weighted by Crippen LogP contribution is -2.35. The van der Waals surface area contributed by atoms with Crippen LogP contribution in [0.25, 0.3) is 0 Å².